The molecule has 0 spiro atoms. The molecule has 200 valence electrons. The number of alkyl halides is 4. The van der Waals surface area contributed by atoms with E-state index >= 15 is 0 Å². The molecule has 0 aliphatic carbocycles. The van der Waals surface area contributed by atoms with Crippen molar-refractivity contribution in [2.45, 2.75) is 95.6 Å². The highest BCUT2D eigenvalue weighted by Crippen LogP contribution is 2.32. The smallest absolute Gasteiger partial charge is 0.334 e. The third-order valence-electron chi connectivity index (χ3n) is 2.11. The second-order valence-electron chi connectivity index (χ2n) is 4.90. The van der Waals surface area contributed by atoms with E-state index in [2.05, 4.69) is 11.3 Å². The van der Waals surface area contributed by atoms with Gasteiger partial charge in [-0.1, -0.05) is 43.2 Å². The van der Waals surface area contributed by atoms with Crippen molar-refractivity contribution in [1.29, 1.82) is 0 Å². The fourth-order valence-corrected chi connectivity index (χ4v) is 0.484. The summed E-state index contributed by atoms with van der Waals surface area (Å²) in [7, 11) is 0. The topological polar surface area (TPSA) is 52.6 Å². The molecule has 0 saturated carbocycles. The largest absolute Gasteiger partial charge is 0.463 e. The van der Waals surface area contributed by atoms with Crippen molar-refractivity contribution in [2.75, 3.05) is 0 Å². The highest BCUT2D eigenvalue weighted by Gasteiger charge is 2.47. The molecule has 0 aliphatic rings. The van der Waals surface area contributed by atoms with E-state index in [1.165, 1.54) is 13.8 Å². The van der Waals surface area contributed by atoms with Crippen molar-refractivity contribution < 1.29 is 54.2 Å². The molecule has 0 aromatic heterocycles. The molecule has 4 nitrogen and oxygen atoms in total. The molecule has 0 N–H and O–H groups in total. The monoisotopic (exact) mass is 496 g/mol. The summed E-state index contributed by atoms with van der Waals surface area (Å²) in [6.45, 7) is 10.1. The van der Waals surface area contributed by atoms with Gasteiger partial charge >= 0.3 is 35.9 Å². The number of esters is 2. The molecular weight excluding hydrogens is 456 g/mol. The van der Waals surface area contributed by atoms with Gasteiger partial charge in [-0.2, -0.15) is 17.6 Å². The van der Waals surface area contributed by atoms with Crippen molar-refractivity contribution in [3.05, 3.63) is 25.0 Å². The zero-order valence-electron chi connectivity index (χ0n) is 16.2. The Morgan fingerprint density at radius 3 is 1.16 bits per heavy atom. The Kier molecular flexibility index (Phi) is 43.7. The van der Waals surface area contributed by atoms with Gasteiger partial charge in [-0.3, -0.25) is 9.59 Å². The summed E-state index contributed by atoms with van der Waals surface area (Å²) < 4.78 is 96.0. The van der Waals surface area contributed by atoms with Crippen LogP contribution in [-0.2, 0) is 19.1 Å². The number of halogens is 8. The van der Waals surface area contributed by atoms with Crippen molar-refractivity contribution >= 4 is 11.9 Å². The quantitative estimate of drug-likeness (QED) is 0.222. The van der Waals surface area contributed by atoms with Crippen LogP contribution in [0.25, 0.3) is 0 Å². The molecule has 12 heteroatoms. The highest BCUT2D eigenvalue weighted by atomic mass is 19.3. The van der Waals surface area contributed by atoms with Gasteiger partial charge < -0.3 is 9.47 Å². The number of carbonyl (C=O) groups is 2. The lowest BCUT2D eigenvalue weighted by Gasteiger charge is -2.17. The number of rotatable bonds is 4. The fraction of sp³-hybridized carbons (Fsp3) is 0.700. The fourth-order valence-electron chi connectivity index (χ4n) is 0.484. The van der Waals surface area contributed by atoms with Crippen LogP contribution in [0.2, 0.25) is 0 Å². The molecule has 0 saturated heterocycles. The second kappa shape index (κ2) is 26.9. The zero-order chi connectivity index (χ0) is 23.7. The van der Waals surface area contributed by atoms with Crippen LogP contribution in [0, 0.1) is 0 Å². The maximum Gasteiger partial charge on any atom is 0.334 e. The zero-order valence-corrected chi connectivity index (χ0v) is 16.2. The predicted octanol–water partition coefficient (Wildman–Crippen LogP) is 8.87. The summed E-state index contributed by atoms with van der Waals surface area (Å²) in [5.41, 5.74) is 0. The van der Waals surface area contributed by atoms with E-state index in [1.807, 2.05) is 13.8 Å². The van der Waals surface area contributed by atoms with Crippen LogP contribution in [-0.4, -0.2) is 29.9 Å². The lowest BCUT2D eigenvalue weighted by atomic mass is 10.2. The maximum absolute atomic E-state index is 11.5. The van der Waals surface area contributed by atoms with E-state index in [1.54, 1.807) is 0 Å². The molecular formula is C20H40F8O4. The Morgan fingerprint density at radius 1 is 0.844 bits per heavy atom. The van der Waals surface area contributed by atoms with Crippen LogP contribution in [0.3, 0.4) is 0 Å². The molecule has 32 heavy (non-hydrogen) atoms. The lowest BCUT2D eigenvalue weighted by Crippen LogP contribution is -2.33. The van der Waals surface area contributed by atoms with E-state index in [0.29, 0.717) is 0 Å². The molecule has 0 aliphatic heterocycles. The van der Waals surface area contributed by atoms with E-state index < -0.39 is 24.0 Å². The lowest BCUT2D eigenvalue weighted by molar-refractivity contribution is -0.185. The number of carbonyl (C=O) groups excluding carboxylic acids is 2. The van der Waals surface area contributed by atoms with Gasteiger partial charge in [-0.05, 0) is 13.3 Å². The average molecular weight is 497 g/mol. The molecule has 0 amide bonds. The second-order valence-corrected chi connectivity index (χ2v) is 4.90. The van der Waals surface area contributed by atoms with Crippen LogP contribution < -0.4 is 0 Å². The minimum absolute atomic E-state index is 0. The van der Waals surface area contributed by atoms with Gasteiger partial charge in [0.05, 0.1) is 12.4 Å². The molecule has 0 bridgehead atoms. The minimum Gasteiger partial charge on any atom is -0.463 e. The van der Waals surface area contributed by atoms with E-state index in [4.69, 9.17) is 4.74 Å². The molecule has 0 rings (SSSR count). The molecule has 0 radical (unpaired) electrons. The molecule has 1 unspecified atom stereocenters. The van der Waals surface area contributed by atoms with Crippen molar-refractivity contribution in [2.24, 2.45) is 0 Å². The van der Waals surface area contributed by atoms with Gasteiger partial charge in [0.15, 0.2) is 0 Å². The Morgan fingerprint density at radius 2 is 1.12 bits per heavy atom. The molecule has 0 heterocycles. The van der Waals surface area contributed by atoms with Crippen LogP contribution in [0.15, 0.2) is 25.0 Å². The standard InChI is InChI=1S/C6H12O2.C4H6F4.C4H6O2.C2F4.4CH4/c1-4-5(2)8-6(3)7;1-3(5,6)4(2,7)8;1-3-6-4(2)5;3-1(4)2(5)6;;;;/h5H,4H2,1-3H3;1-2H3;3H,1H2,2H3;;4*1H4. The maximum atomic E-state index is 11.5. The number of hydrogen-bond acceptors (Lipinski definition) is 4. The Balaban J connectivity index is -0.0000000387. The third-order valence-corrected chi connectivity index (χ3v) is 2.11. The van der Waals surface area contributed by atoms with Gasteiger partial charge in [0.1, 0.15) is 0 Å². The average Bonchev–Trinajstić information content (AvgIpc) is 2.46. The van der Waals surface area contributed by atoms with Gasteiger partial charge in [-0.25, -0.2) is 17.6 Å². The summed E-state index contributed by atoms with van der Waals surface area (Å²) >= 11 is 0. The highest BCUT2D eigenvalue weighted by molar-refractivity contribution is 5.66. The third kappa shape index (κ3) is 51.0. The van der Waals surface area contributed by atoms with Crippen molar-refractivity contribution in [3.8, 4) is 0 Å². The normalized spacial score (nSPS) is 9.56. The van der Waals surface area contributed by atoms with Gasteiger partial charge in [0, 0.05) is 27.7 Å². The van der Waals surface area contributed by atoms with Gasteiger partial charge in [-0.15, -0.1) is 0 Å². The van der Waals surface area contributed by atoms with Gasteiger partial charge in [0.25, 0.3) is 0 Å². The Labute approximate surface area is 187 Å². The van der Waals surface area contributed by atoms with Crippen molar-refractivity contribution in [1.82, 2.24) is 0 Å². The summed E-state index contributed by atoms with van der Waals surface area (Å²) in [6, 6.07) is 0. The first-order valence-corrected chi connectivity index (χ1v) is 7.40. The first-order chi connectivity index (χ1) is 12.3. The SMILES string of the molecule is C.C.C.C.C=COC(C)=O.CC(F)(F)C(C)(F)F.CCC(C)OC(C)=O.FC(F)=C(F)F. The molecule has 0 aromatic carbocycles. The summed E-state index contributed by atoms with van der Waals surface area (Å²) in [5, 5.41) is 0. The molecule has 0 fully saturated rings. The van der Waals surface area contributed by atoms with E-state index in [0.717, 1.165) is 12.7 Å². The van der Waals surface area contributed by atoms with Crippen LogP contribution >= 0.6 is 0 Å². The van der Waals surface area contributed by atoms with E-state index in [9.17, 15) is 44.7 Å². The Hall–Kier alpha value is -2.14. The summed E-state index contributed by atoms with van der Waals surface area (Å²) in [5.74, 6) is -8.32. The number of ether oxygens (including phenoxy) is 2. The van der Waals surface area contributed by atoms with Crippen LogP contribution in [0.5, 0.6) is 0 Å². The van der Waals surface area contributed by atoms with Crippen LogP contribution in [0.4, 0.5) is 35.1 Å². The molecule has 1 atom stereocenters. The molecule has 0 aromatic rings. The number of hydrogen-bond donors (Lipinski definition) is 0. The summed E-state index contributed by atoms with van der Waals surface area (Å²) in [4.78, 5) is 19.9. The first kappa shape index (κ1) is 52.0. The Bertz CT molecular complexity index is 455. The van der Waals surface area contributed by atoms with E-state index in [-0.39, 0.29) is 61.6 Å². The summed E-state index contributed by atoms with van der Waals surface area (Å²) in [6.07, 6.45) is -3.75. The van der Waals surface area contributed by atoms with Gasteiger partial charge in [0.2, 0.25) is 0 Å². The van der Waals surface area contributed by atoms with Crippen LogP contribution in [0.1, 0.15) is 77.7 Å². The first-order valence-electron chi connectivity index (χ1n) is 7.40. The predicted molar refractivity (Wildman–Crippen MR) is 113 cm³/mol. The van der Waals surface area contributed by atoms with Crippen molar-refractivity contribution in [3.63, 3.8) is 0 Å². The minimum atomic E-state index is -3.90.